The SMILES string of the molecule is B.CO.F. The van der Waals surface area contributed by atoms with Crippen LogP contribution < -0.4 is 0 Å². The summed E-state index contributed by atoms with van der Waals surface area (Å²) in [7, 11) is 1.00. The third-order valence-electron chi connectivity index (χ3n) is 0. The molecule has 0 rings (SSSR count). The quantitative estimate of drug-likeness (QED) is 0.344. The van der Waals surface area contributed by atoms with Gasteiger partial charge < -0.3 is 5.11 Å². The van der Waals surface area contributed by atoms with Crippen molar-refractivity contribution >= 4 is 8.41 Å². The Morgan fingerprint density at radius 3 is 1.25 bits per heavy atom. The van der Waals surface area contributed by atoms with Gasteiger partial charge in [0.1, 0.15) is 0 Å². The van der Waals surface area contributed by atoms with Crippen molar-refractivity contribution in [2.45, 2.75) is 0 Å². The molecule has 0 heterocycles. The molecule has 0 aliphatic carbocycles. The van der Waals surface area contributed by atoms with Gasteiger partial charge in [0.2, 0.25) is 0 Å². The number of halogens is 1. The van der Waals surface area contributed by atoms with E-state index in [9.17, 15) is 0 Å². The first kappa shape index (κ1) is 37.9. The first-order valence-corrected chi connectivity index (χ1v) is 0.447. The summed E-state index contributed by atoms with van der Waals surface area (Å²) >= 11 is 0. The molecule has 0 atom stereocenters. The Morgan fingerprint density at radius 1 is 1.25 bits per heavy atom. The fourth-order valence-electron chi connectivity index (χ4n) is 0. The smallest absolute Gasteiger partial charge is 0.0814 e. The lowest BCUT2D eigenvalue weighted by Crippen LogP contribution is -1.25. The number of aliphatic hydroxyl groups excluding tert-OH is 1. The summed E-state index contributed by atoms with van der Waals surface area (Å²) in [5.74, 6) is 0. The van der Waals surface area contributed by atoms with Crippen LogP contribution >= 0.6 is 0 Å². The lowest BCUT2D eigenvalue weighted by Gasteiger charge is -1.21. The highest BCUT2D eigenvalue weighted by Crippen LogP contribution is 0.755. The summed E-state index contributed by atoms with van der Waals surface area (Å²) in [5, 5.41) is 7.00. The number of rotatable bonds is 0. The van der Waals surface area contributed by atoms with Crippen molar-refractivity contribution in [3.8, 4) is 0 Å². The highest BCUT2D eigenvalue weighted by atomic mass is 19.0. The first-order chi connectivity index (χ1) is 1.00. The number of hydrogen-bond donors (Lipinski definition) is 1. The molecule has 0 aliphatic rings. The summed E-state index contributed by atoms with van der Waals surface area (Å²) in [6.07, 6.45) is 0. The van der Waals surface area contributed by atoms with Crippen LogP contribution in [-0.2, 0) is 0 Å². The Morgan fingerprint density at radius 2 is 1.25 bits per heavy atom. The second-order valence-electron chi connectivity index (χ2n) is 0. The summed E-state index contributed by atoms with van der Waals surface area (Å²) in [5.41, 5.74) is 0. The fourth-order valence-corrected chi connectivity index (χ4v) is 0. The summed E-state index contributed by atoms with van der Waals surface area (Å²) in [4.78, 5) is 0. The molecular formula is CH8BFO. The molecule has 3 heteroatoms. The van der Waals surface area contributed by atoms with E-state index in [1.807, 2.05) is 0 Å². The lowest BCUT2D eigenvalue weighted by molar-refractivity contribution is 0.399. The molecule has 0 amide bonds. The first-order valence-electron chi connectivity index (χ1n) is 0.447. The Bertz CT molecular complexity index is 8.00. The van der Waals surface area contributed by atoms with Gasteiger partial charge in [-0.3, -0.25) is 4.70 Å². The van der Waals surface area contributed by atoms with Crippen molar-refractivity contribution < 1.29 is 9.81 Å². The summed E-state index contributed by atoms with van der Waals surface area (Å²) in [6, 6.07) is 0. The molecule has 0 aromatic rings. The Hall–Kier alpha value is -0.0451. The monoisotopic (exact) mass is 66.1 g/mol. The van der Waals surface area contributed by atoms with Gasteiger partial charge >= 0.3 is 0 Å². The zero-order valence-electron chi connectivity index (χ0n) is 1.86. The average molecular weight is 65.9 g/mol. The Balaban J connectivity index is -0.00000000500. The van der Waals surface area contributed by atoms with Crippen LogP contribution in [-0.4, -0.2) is 20.6 Å². The van der Waals surface area contributed by atoms with E-state index < -0.39 is 0 Å². The van der Waals surface area contributed by atoms with Gasteiger partial charge in [-0.05, 0) is 0 Å². The molecule has 0 saturated carbocycles. The van der Waals surface area contributed by atoms with Gasteiger partial charge in [-0.15, -0.1) is 0 Å². The molecule has 1 N–H and O–H groups in total. The Labute approximate surface area is 26.6 Å². The van der Waals surface area contributed by atoms with E-state index in [-0.39, 0.29) is 13.1 Å². The van der Waals surface area contributed by atoms with Crippen molar-refractivity contribution in [2.75, 3.05) is 7.11 Å². The van der Waals surface area contributed by atoms with Crippen LogP contribution in [0.2, 0.25) is 0 Å². The predicted molar refractivity (Wildman–Crippen MR) is 20.6 cm³/mol. The number of aliphatic hydroxyl groups is 1. The van der Waals surface area contributed by atoms with Crippen LogP contribution in [0.15, 0.2) is 0 Å². The fraction of sp³-hybridized carbons (Fsp3) is 1.00. The molecule has 4 heavy (non-hydrogen) atoms. The molecule has 0 bridgehead atoms. The van der Waals surface area contributed by atoms with Crippen LogP contribution in [0.25, 0.3) is 0 Å². The molecule has 0 saturated heterocycles. The lowest BCUT2D eigenvalue weighted by atomic mass is 10.8. The summed E-state index contributed by atoms with van der Waals surface area (Å²) in [6.45, 7) is 0. The van der Waals surface area contributed by atoms with Crippen molar-refractivity contribution in [3.05, 3.63) is 0 Å². The largest absolute Gasteiger partial charge is 0.400 e. The summed E-state index contributed by atoms with van der Waals surface area (Å²) < 4.78 is 0. The van der Waals surface area contributed by atoms with E-state index in [1.54, 1.807) is 0 Å². The van der Waals surface area contributed by atoms with Gasteiger partial charge in [0, 0.05) is 7.11 Å². The highest BCUT2D eigenvalue weighted by molar-refractivity contribution is 5.75. The highest BCUT2D eigenvalue weighted by Gasteiger charge is 0.839. The van der Waals surface area contributed by atoms with Crippen LogP contribution in [0, 0.1) is 0 Å². The molecule has 0 spiro atoms. The zero-order chi connectivity index (χ0) is 2.00. The van der Waals surface area contributed by atoms with Crippen molar-refractivity contribution in [2.24, 2.45) is 0 Å². The van der Waals surface area contributed by atoms with Gasteiger partial charge in [0.15, 0.2) is 0 Å². The van der Waals surface area contributed by atoms with Gasteiger partial charge in [-0.1, -0.05) is 0 Å². The molecule has 0 unspecified atom stereocenters. The van der Waals surface area contributed by atoms with E-state index in [0.717, 1.165) is 7.11 Å². The Kier molecular flexibility index (Phi) is 52600. The standard InChI is InChI=1S/CH4O.BH3.FH/c1-2;;/h2H,1H3;1H3;1H. The van der Waals surface area contributed by atoms with E-state index >= 15 is 0 Å². The maximum atomic E-state index is 7.00. The zero-order valence-corrected chi connectivity index (χ0v) is 1.86. The molecule has 0 aromatic carbocycles. The maximum absolute atomic E-state index is 7.00. The third-order valence-corrected chi connectivity index (χ3v) is 0. The second-order valence-corrected chi connectivity index (χ2v) is 0. The minimum Gasteiger partial charge on any atom is -0.400 e. The van der Waals surface area contributed by atoms with Gasteiger partial charge in [-0.25, -0.2) is 0 Å². The van der Waals surface area contributed by atoms with Crippen molar-refractivity contribution in [1.82, 2.24) is 0 Å². The van der Waals surface area contributed by atoms with Gasteiger partial charge in [-0.2, -0.15) is 0 Å². The topological polar surface area (TPSA) is 20.2 Å². The maximum Gasteiger partial charge on any atom is 0.0814 e. The molecule has 0 aromatic heterocycles. The molecule has 0 radical (unpaired) electrons. The predicted octanol–water partition coefficient (Wildman–Crippen LogP) is -1.42. The average Bonchev–Trinajstić information content (AvgIpc) is 1.00. The van der Waals surface area contributed by atoms with E-state index in [1.165, 1.54) is 0 Å². The molecule has 0 aliphatic heterocycles. The van der Waals surface area contributed by atoms with Gasteiger partial charge in [0.05, 0.1) is 8.41 Å². The van der Waals surface area contributed by atoms with E-state index in [4.69, 9.17) is 5.11 Å². The molecule has 1 nitrogen and oxygen atoms in total. The van der Waals surface area contributed by atoms with Crippen molar-refractivity contribution in [1.29, 1.82) is 0 Å². The van der Waals surface area contributed by atoms with E-state index in [0.29, 0.717) is 0 Å². The van der Waals surface area contributed by atoms with Crippen LogP contribution in [0.1, 0.15) is 0 Å². The van der Waals surface area contributed by atoms with Crippen LogP contribution in [0.5, 0.6) is 0 Å². The minimum absolute atomic E-state index is 0. The minimum atomic E-state index is 0. The van der Waals surface area contributed by atoms with Crippen LogP contribution in [0.3, 0.4) is 0 Å². The van der Waals surface area contributed by atoms with E-state index in [2.05, 4.69) is 0 Å². The van der Waals surface area contributed by atoms with Gasteiger partial charge in [0.25, 0.3) is 0 Å². The molecule has 0 fully saturated rings. The van der Waals surface area contributed by atoms with Crippen molar-refractivity contribution in [3.63, 3.8) is 0 Å². The molecular weight excluding hydrogens is 57.8 g/mol. The second kappa shape index (κ2) is 5560. The molecule has 28 valence electrons. The normalized spacial score (nSPS) is 1.50. The third kappa shape index (κ3) is 878. The number of hydrogen-bond acceptors (Lipinski definition) is 1. The van der Waals surface area contributed by atoms with Crippen LogP contribution in [0.4, 0.5) is 4.70 Å².